The molecule has 6 heteroatoms. The van der Waals surface area contributed by atoms with E-state index >= 15 is 0 Å². The molecule has 25 heavy (non-hydrogen) atoms. The van der Waals surface area contributed by atoms with E-state index in [-0.39, 0.29) is 11.3 Å². The fraction of sp³-hybridized carbons (Fsp3) is 0.421. The Labute approximate surface area is 147 Å². The van der Waals surface area contributed by atoms with Crippen LogP contribution in [0.3, 0.4) is 0 Å². The SMILES string of the molecule is COc1cccc(Cn2ccc(CN3CCN(C)CC3)c(O)c2=O)c1. The largest absolute Gasteiger partial charge is 0.503 e. The topological polar surface area (TPSA) is 57.9 Å². The second kappa shape index (κ2) is 7.72. The standard InChI is InChI=1S/C19H25N3O3/c1-20-8-10-21(11-9-20)14-16-6-7-22(19(24)18(16)23)13-15-4-3-5-17(12-15)25-2/h3-7,12,23H,8-11,13-14H2,1-2H3. The average molecular weight is 343 g/mol. The maximum atomic E-state index is 12.5. The molecule has 1 N–H and O–H groups in total. The number of ether oxygens (including phenoxy) is 1. The zero-order chi connectivity index (χ0) is 17.8. The Morgan fingerprint density at radius 3 is 2.60 bits per heavy atom. The third kappa shape index (κ3) is 4.21. The van der Waals surface area contributed by atoms with Crippen molar-refractivity contribution in [1.29, 1.82) is 0 Å². The number of aromatic nitrogens is 1. The van der Waals surface area contributed by atoms with Crippen LogP contribution in [-0.2, 0) is 13.1 Å². The summed E-state index contributed by atoms with van der Waals surface area (Å²) in [5.74, 6) is 0.603. The van der Waals surface area contributed by atoms with Gasteiger partial charge in [0.25, 0.3) is 5.56 Å². The van der Waals surface area contributed by atoms with E-state index in [9.17, 15) is 9.90 Å². The highest BCUT2D eigenvalue weighted by Gasteiger charge is 2.17. The van der Waals surface area contributed by atoms with E-state index in [0.717, 1.165) is 37.5 Å². The summed E-state index contributed by atoms with van der Waals surface area (Å²) in [6.45, 7) is 4.92. The van der Waals surface area contributed by atoms with Crippen LogP contribution < -0.4 is 10.3 Å². The molecular formula is C19H25N3O3. The number of pyridine rings is 1. The van der Waals surface area contributed by atoms with Crippen molar-refractivity contribution in [3.05, 3.63) is 58.0 Å². The third-order valence-electron chi connectivity index (χ3n) is 4.70. The van der Waals surface area contributed by atoms with Gasteiger partial charge in [-0.05, 0) is 30.8 Å². The first-order valence-corrected chi connectivity index (χ1v) is 8.52. The van der Waals surface area contributed by atoms with Crippen molar-refractivity contribution in [3.63, 3.8) is 0 Å². The number of nitrogens with zero attached hydrogens (tertiary/aromatic N) is 3. The molecule has 0 bridgehead atoms. The third-order valence-corrected chi connectivity index (χ3v) is 4.70. The Balaban J connectivity index is 1.74. The van der Waals surface area contributed by atoms with Gasteiger partial charge in [0, 0.05) is 44.5 Å². The molecule has 0 radical (unpaired) electrons. The van der Waals surface area contributed by atoms with Crippen LogP contribution in [-0.4, -0.2) is 59.8 Å². The number of hydrogen-bond acceptors (Lipinski definition) is 5. The van der Waals surface area contributed by atoms with Crippen LogP contribution in [0, 0.1) is 0 Å². The van der Waals surface area contributed by atoms with Gasteiger partial charge in [-0.3, -0.25) is 9.69 Å². The Morgan fingerprint density at radius 2 is 1.88 bits per heavy atom. The lowest BCUT2D eigenvalue weighted by Gasteiger charge is -2.32. The summed E-state index contributed by atoms with van der Waals surface area (Å²) in [6.07, 6.45) is 1.76. The molecule has 0 unspecified atom stereocenters. The zero-order valence-corrected chi connectivity index (χ0v) is 14.8. The molecular weight excluding hydrogens is 318 g/mol. The number of hydrogen-bond donors (Lipinski definition) is 1. The second-order valence-electron chi connectivity index (χ2n) is 6.55. The van der Waals surface area contributed by atoms with Crippen molar-refractivity contribution >= 4 is 0 Å². The monoisotopic (exact) mass is 343 g/mol. The number of likely N-dealkylation sites (N-methyl/N-ethyl adjacent to an activating group) is 1. The van der Waals surface area contributed by atoms with E-state index < -0.39 is 0 Å². The molecule has 1 aliphatic heterocycles. The van der Waals surface area contributed by atoms with E-state index in [1.54, 1.807) is 13.3 Å². The Hall–Kier alpha value is -2.31. The Bertz CT molecular complexity index is 780. The lowest BCUT2D eigenvalue weighted by molar-refractivity contribution is 0.147. The van der Waals surface area contributed by atoms with Crippen LogP contribution in [0.5, 0.6) is 11.5 Å². The first-order chi connectivity index (χ1) is 12.1. The van der Waals surface area contributed by atoms with Gasteiger partial charge in [-0.15, -0.1) is 0 Å². The number of aromatic hydroxyl groups is 1. The second-order valence-corrected chi connectivity index (χ2v) is 6.55. The van der Waals surface area contributed by atoms with Gasteiger partial charge in [-0.2, -0.15) is 0 Å². The van der Waals surface area contributed by atoms with Crippen LogP contribution in [0.4, 0.5) is 0 Å². The van der Waals surface area contributed by atoms with Gasteiger partial charge in [-0.25, -0.2) is 0 Å². The molecule has 0 saturated carbocycles. The summed E-state index contributed by atoms with van der Waals surface area (Å²) in [6, 6.07) is 9.42. The predicted octanol–water partition coefficient (Wildman–Crippen LogP) is 1.36. The van der Waals surface area contributed by atoms with E-state index in [2.05, 4.69) is 16.8 Å². The average Bonchev–Trinajstić information content (AvgIpc) is 2.63. The van der Waals surface area contributed by atoms with E-state index in [0.29, 0.717) is 18.7 Å². The van der Waals surface area contributed by atoms with Gasteiger partial charge in [0.15, 0.2) is 5.75 Å². The highest BCUT2D eigenvalue weighted by Crippen LogP contribution is 2.17. The summed E-state index contributed by atoms with van der Waals surface area (Å²) < 4.78 is 6.74. The summed E-state index contributed by atoms with van der Waals surface area (Å²) in [4.78, 5) is 17.0. The van der Waals surface area contributed by atoms with Crippen molar-refractivity contribution in [2.24, 2.45) is 0 Å². The summed E-state index contributed by atoms with van der Waals surface area (Å²) >= 11 is 0. The molecule has 0 spiro atoms. The minimum absolute atomic E-state index is 0.149. The van der Waals surface area contributed by atoms with Gasteiger partial charge < -0.3 is 19.3 Å². The first kappa shape index (κ1) is 17.5. The number of benzene rings is 1. The van der Waals surface area contributed by atoms with Crippen LogP contribution in [0.25, 0.3) is 0 Å². The minimum atomic E-state index is -0.352. The van der Waals surface area contributed by atoms with Gasteiger partial charge in [0.05, 0.1) is 13.7 Å². The molecule has 2 heterocycles. The maximum absolute atomic E-state index is 12.5. The molecule has 1 fully saturated rings. The number of methoxy groups -OCH3 is 1. The van der Waals surface area contributed by atoms with Gasteiger partial charge in [-0.1, -0.05) is 12.1 Å². The van der Waals surface area contributed by atoms with Crippen LogP contribution in [0.1, 0.15) is 11.1 Å². The lowest BCUT2D eigenvalue weighted by Crippen LogP contribution is -2.44. The fourth-order valence-electron chi connectivity index (χ4n) is 3.07. The quantitative estimate of drug-likeness (QED) is 0.888. The Kier molecular flexibility index (Phi) is 5.40. The zero-order valence-electron chi connectivity index (χ0n) is 14.8. The van der Waals surface area contributed by atoms with Gasteiger partial charge in [0.2, 0.25) is 0 Å². The van der Waals surface area contributed by atoms with E-state index in [1.807, 2.05) is 30.3 Å². The van der Waals surface area contributed by atoms with Gasteiger partial charge in [0.1, 0.15) is 5.75 Å². The van der Waals surface area contributed by atoms with Crippen molar-refractivity contribution in [2.75, 3.05) is 40.3 Å². The van der Waals surface area contributed by atoms with Crippen molar-refractivity contribution in [3.8, 4) is 11.5 Å². The molecule has 1 aromatic heterocycles. The normalized spacial score (nSPS) is 16.1. The van der Waals surface area contributed by atoms with Crippen molar-refractivity contribution < 1.29 is 9.84 Å². The van der Waals surface area contributed by atoms with Gasteiger partial charge >= 0.3 is 0 Å². The summed E-state index contributed by atoms with van der Waals surface area (Å²) in [5, 5.41) is 10.3. The molecule has 1 aliphatic rings. The van der Waals surface area contributed by atoms with Crippen LogP contribution in [0.2, 0.25) is 0 Å². The summed E-state index contributed by atoms with van der Waals surface area (Å²) in [7, 11) is 3.72. The summed E-state index contributed by atoms with van der Waals surface area (Å²) in [5.41, 5.74) is 1.29. The molecule has 3 rings (SSSR count). The fourth-order valence-corrected chi connectivity index (χ4v) is 3.07. The molecule has 0 amide bonds. The van der Waals surface area contributed by atoms with Crippen LogP contribution >= 0.6 is 0 Å². The van der Waals surface area contributed by atoms with Crippen LogP contribution in [0.15, 0.2) is 41.3 Å². The van der Waals surface area contributed by atoms with E-state index in [1.165, 1.54) is 4.57 Å². The smallest absolute Gasteiger partial charge is 0.293 e. The maximum Gasteiger partial charge on any atom is 0.293 e. The molecule has 2 aromatic rings. The number of rotatable bonds is 5. The molecule has 6 nitrogen and oxygen atoms in total. The van der Waals surface area contributed by atoms with Crippen molar-refractivity contribution in [2.45, 2.75) is 13.1 Å². The molecule has 1 aromatic carbocycles. The molecule has 1 saturated heterocycles. The highest BCUT2D eigenvalue weighted by molar-refractivity contribution is 5.31. The molecule has 0 atom stereocenters. The minimum Gasteiger partial charge on any atom is -0.503 e. The highest BCUT2D eigenvalue weighted by atomic mass is 16.5. The molecule has 0 aliphatic carbocycles. The van der Waals surface area contributed by atoms with Crippen molar-refractivity contribution in [1.82, 2.24) is 14.4 Å². The predicted molar refractivity (Wildman–Crippen MR) is 97.2 cm³/mol. The number of piperazine rings is 1. The Morgan fingerprint density at radius 1 is 1.12 bits per heavy atom. The van der Waals surface area contributed by atoms with E-state index in [4.69, 9.17) is 4.74 Å². The lowest BCUT2D eigenvalue weighted by atomic mass is 10.2. The first-order valence-electron chi connectivity index (χ1n) is 8.52. The molecule has 134 valence electrons.